The summed E-state index contributed by atoms with van der Waals surface area (Å²) in [6.07, 6.45) is 11.3. The lowest BCUT2D eigenvalue weighted by atomic mass is 9.76. The summed E-state index contributed by atoms with van der Waals surface area (Å²) in [5.74, 6) is 0.783. The van der Waals surface area contributed by atoms with Crippen LogP contribution in [-0.2, 0) is 24.3 Å². The molecule has 0 fully saturated rings. The van der Waals surface area contributed by atoms with Gasteiger partial charge in [-0.2, -0.15) is 5.26 Å². The third kappa shape index (κ3) is 8.71. The largest absolute Gasteiger partial charge is 0.488 e. The fourth-order valence-electron chi connectivity index (χ4n) is 5.52. The summed E-state index contributed by atoms with van der Waals surface area (Å²) in [5, 5.41) is 32.5. The number of nitriles is 1. The van der Waals surface area contributed by atoms with Gasteiger partial charge >= 0.3 is 0 Å². The number of aliphatic hydroxyl groups excluding tert-OH is 2. The number of aliphatic hydroxyl groups is 2. The van der Waals surface area contributed by atoms with E-state index in [1.54, 1.807) is 37.5 Å². The summed E-state index contributed by atoms with van der Waals surface area (Å²) in [5.41, 5.74) is 2.44. The number of ether oxygens (including phenoxy) is 3. The Balaban J connectivity index is 1.45. The molecule has 11 heteroatoms. The van der Waals surface area contributed by atoms with Crippen LogP contribution in [0.15, 0.2) is 104 Å². The Morgan fingerprint density at radius 1 is 1.00 bits per heavy atom. The Bertz CT molecular complexity index is 1840. The van der Waals surface area contributed by atoms with E-state index in [4.69, 9.17) is 37.4 Å². The quantitative estimate of drug-likeness (QED) is 0.112. The molecular formula is C39H40Cl2N4O5. The number of allylic oxidation sites excluding steroid dienone is 2. The van der Waals surface area contributed by atoms with Crippen molar-refractivity contribution in [2.45, 2.75) is 49.4 Å². The Labute approximate surface area is 302 Å². The van der Waals surface area contributed by atoms with E-state index in [1.165, 1.54) is 6.20 Å². The molecular weight excluding hydrogens is 675 g/mol. The molecule has 2 aromatic carbocycles. The number of rotatable bonds is 16. The molecule has 0 radical (unpaired) electrons. The van der Waals surface area contributed by atoms with E-state index < -0.39 is 16.0 Å². The van der Waals surface area contributed by atoms with E-state index in [9.17, 15) is 15.5 Å². The third-order valence-corrected chi connectivity index (χ3v) is 9.56. The molecule has 50 heavy (non-hydrogen) atoms. The second-order valence-electron chi connectivity index (χ2n) is 12.5. The Morgan fingerprint density at radius 3 is 2.50 bits per heavy atom. The minimum atomic E-state index is -1.12. The van der Waals surface area contributed by atoms with Gasteiger partial charge in [-0.1, -0.05) is 60.2 Å². The maximum atomic E-state index is 9.84. The third-order valence-electron chi connectivity index (χ3n) is 8.74. The summed E-state index contributed by atoms with van der Waals surface area (Å²) in [6, 6.07) is 22.9. The lowest BCUT2D eigenvalue weighted by molar-refractivity contribution is -0.0507. The van der Waals surface area contributed by atoms with E-state index in [1.807, 2.05) is 73.7 Å². The Kier molecular flexibility index (Phi) is 12.3. The van der Waals surface area contributed by atoms with Gasteiger partial charge in [-0.15, -0.1) is 11.6 Å². The van der Waals surface area contributed by atoms with E-state index in [0.717, 1.165) is 16.8 Å². The molecule has 4 aromatic rings. The van der Waals surface area contributed by atoms with Crippen LogP contribution in [0, 0.1) is 11.3 Å². The number of hydrogen-bond acceptors (Lipinski definition) is 9. The zero-order chi connectivity index (χ0) is 35.6. The van der Waals surface area contributed by atoms with Gasteiger partial charge in [0.15, 0.2) is 0 Å². The van der Waals surface area contributed by atoms with Gasteiger partial charge in [-0.25, -0.2) is 0 Å². The second kappa shape index (κ2) is 16.6. The lowest BCUT2D eigenvalue weighted by Crippen LogP contribution is -2.55. The van der Waals surface area contributed by atoms with E-state index in [2.05, 4.69) is 21.4 Å². The number of hydrogen-bond donors (Lipinski definition) is 3. The predicted octanol–water partition coefficient (Wildman–Crippen LogP) is 6.44. The van der Waals surface area contributed by atoms with Crippen LogP contribution in [0.2, 0.25) is 5.02 Å². The highest BCUT2D eigenvalue weighted by atomic mass is 35.5. The van der Waals surface area contributed by atoms with Gasteiger partial charge in [0.2, 0.25) is 0 Å². The number of alkyl halides is 1. The van der Waals surface area contributed by atoms with Crippen molar-refractivity contribution in [1.29, 1.82) is 5.26 Å². The normalized spacial score (nSPS) is 18.7. The van der Waals surface area contributed by atoms with Crippen LogP contribution in [0.3, 0.4) is 0 Å². The molecule has 0 spiro atoms. The number of benzene rings is 2. The Morgan fingerprint density at radius 2 is 1.78 bits per heavy atom. The van der Waals surface area contributed by atoms with Crippen molar-refractivity contribution < 1.29 is 24.4 Å². The van der Waals surface area contributed by atoms with Crippen LogP contribution in [0.1, 0.15) is 41.8 Å². The fraction of sp³-hybridized carbons (Fsp3) is 0.308. The SMILES string of the molecule is CC(CO)(CO)NCc1cc(Cl)c(OCC2(OCCc3ccccn3)C=CC=C(c3ccccc3)C2(C)Cl)cc1OCc1cncc(C#N)c1. The number of aromatic nitrogens is 2. The van der Waals surface area contributed by atoms with Gasteiger partial charge in [0.05, 0.1) is 35.9 Å². The van der Waals surface area contributed by atoms with Crippen molar-refractivity contribution in [2.24, 2.45) is 0 Å². The first kappa shape index (κ1) is 37.0. The molecule has 0 bridgehead atoms. The average Bonchev–Trinajstić information content (AvgIpc) is 3.14. The average molecular weight is 716 g/mol. The summed E-state index contributed by atoms with van der Waals surface area (Å²) < 4.78 is 19.5. The van der Waals surface area contributed by atoms with Crippen molar-refractivity contribution in [3.63, 3.8) is 0 Å². The minimum absolute atomic E-state index is 0.00782. The van der Waals surface area contributed by atoms with Crippen molar-refractivity contribution in [2.75, 3.05) is 26.4 Å². The maximum absolute atomic E-state index is 9.84. The molecule has 0 saturated carbocycles. The van der Waals surface area contributed by atoms with Crippen molar-refractivity contribution in [1.82, 2.24) is 15.3 Å². The zero-order valence-corrected chi connectivity index (χ0v) is 29.5. The van der Waals surface area contributed by atoms with Gasteiger partial charge in [-0.05, 0) is 55.3 Å². The smallest absolute Gasteiger partial charge is 0.143 e. The predicted molar refractivity (Wildman–Crippen MR) is 194 cm³/mol. The zero-order valence-electron chi connectivity index (χ0n) is 28.0. The van der Waals surface area contributed by atoms with Crippen LogP contribution < -0.4 is 14.8 Å². The van der Waals surface area contributed by atoms with Crippen LogP contribution in [0.5, 0.6) is 11.5 Å². The molecule has 2 unspecified atom stereocenters. The molecule has 5 rings (SSSR count). The lowest BCUT2D eigenvalue weighted by Gasteiger charge is -2.45. The highest BCUT2D eigenvalue weighted by Crippen LogP contribution is 2.47. The molecule has 1 aliphatic rings. The van der Waals surface area contributed by atoms with Crippen LogP contribution in [0.25, 0.3) is 5.57 Å². The number of halogens is 2. The number of pyridine rings is 2. The van der Waals surface area contributed by atoms with Crippen molar-refractivity contribution in [3.8, 4) is 17.6 Å². The molecule has 2 heterocycles. The van der Waals surface area contributed by atoms with E-state index in [0.29, 0.717) is 46.2 Å². The highest BCUT2D eigenvalue weighted by molar-refractivity contribution is 6.32. The van der Waals surface area contributed by atoms with E-state index in [-0.39, 0.29) is 33.0 Å². The van der Waals surface area contributed by atoms with Crippen LogP contribution in [-0.4, -0.2) is 62.6 Å². The molecule has 260 valence electrons. The molecule has 3 N–H and O–H groups in total. The van der Waals surface area contributed by atoms with Crippen LogP contribution in [0.4, 0.5) is 0 Å². The van der Waals surface area contributed by atoms with Crippen molar-refractivity contribution >= 4 is 28.8 Å². The van der Waals surface area contributed by atoms with Crippen LogP contribution >= 0.6 is 23.2 Å². The Hall–Kier alpha value is -4.27. The first-order chi connectivity index (χ1) is 24.1. The summed E-state index contributed by atoms with van der Waals surface area (Å²) in [6.45, 7) is 3.73. The highest BCUT2D eigenvalue weighted by Gasteiger charge is 2.51. The van der Waals surface area contributed by atoms with Crippen molar-refractivity contribution in [3.05, 3.63) is 137 Å². The van der Waals surface area contributed by atoms with Gasteiger partial charge < -0.3 is 29.7 Å². The van der Waals surface area contributed by atoms with Gasteiger partial charge in [0.25, 0.3) is 0 Å². The van der Waals surface area contributed by atoms with Gasteiger partial charge in [-0.3, -0.25) is 9.97 Å². The minimum Gasteiger partial charge on any atom is -0.488 e. The maximum Gasteiger partial charge on any atom is 0.143 e. The molecule has 0 amide bonds. The summed E-state index contributed by atoms with van der Waals surface area (Å²) in [7, 11) is 0. The molecule has 0 aliphatic heterocycles. The number of nitrogens with zero attached hydrogens (tertiary/aromatic N) is 3. The molecule has 2 aromatic heterocycles. The molecule has 0 saturated heterocycles. The first-order valence-corrected chi connectivity index (χ1v) is 16.9. The first-order valence-electron chi connectivity index (χ1n) is 16.2. The topological polar surface area (TPSA) is 130 Å². The molecule has 1 aliphatic carbocycles. The summed E-state index contributed by atoms with van der Waals surface area (Å²) in [4.78, 5) is 7.51. The van der Waals surface area contributed by atoms with E-state index >= 15 is 0 Å². The standard InChI is InChI=1S/C39H40Cl2N4O5/c1-37(25-46,26-47)45-23-31-18-34(40)36(19-35(31)48-24-29-17-28(20-42)21-43-22-29)49-27-39(50-16-13-32-11-6-7-15-44-32)14-8-12-33(38(39,2)41)30-9-4-3-5-10-30/h3-12,14-15,17-19,21-22,45-47H,13,16,23-27H2,1-2H3. The second-order valence-corrected chi connectivity index (χ2v) is 13.7. The monoisotopic (exact) mass is 714 g/mol. The molecule has 9 nitrogen and oxygen atoms in total. The molecule has 2 atom stereocenters. The number of nitrogens with one attached hydrogen (secondary N) is 1. The summed E-state index contributed by atoms with van der Waals surface area (Å²) >= 11 is 14.4. The van der Waals surface area contributed by atoms with Gasteiger partial charge in [0.1, 0.15) is 41.3 Å². The fourth-order valence-corrected chi connectivity index (χ4v) is 6.11. The van der Waals surface area contributed by atoms with Gasteiger partial charge in [0, 0.05) is 54.4 Å².